The monoisotopic (exact) mass is 229 g/mol. The van der Waals surface area contributed by atoms with Crippen LogP contribution >= 0.6 is 0 Å². The Hall–Kier alpha value is -0.120. The van der Waals surface area contributed by atoms with Crippen LogP contribution in [0.25, 0.3) is 0 Å². The zero-order valence-corrected chi connectivity index (χ0v) is 11.0. The van der Waals surface area contributed by atoms with Gasteiger partial charge >= 0.3 is 0 Å². The summed E-state index contributed by atoms with van der Waals surface area (Å²) in [6.45, 7) is 7.97. The predicted molar refractivity (Wildman–Crippen MR) is 66.6 cm³/mol. The first kappa shape index (κ1) is 13.9. The zero-order valence-electron chi connectivity index (χ0n) is 11.0. The number of hydrogen-bond donors (Lipinski definition) is 2. The van der Waals surface area contributed by atoms with Gasteiger partial charge in [0.25, 0.3) is 0 Å². The van der Waals surface area contributed by atoms with Gasteiger partial charge < -0.3 is 15.2 Å². The van der Waals surface area contributed by atoms with Crippen LogP contribution in [0.5, 0.6) is 0 Å². The van der Waals surface area contributed by atoms with Crippen molar-refractivity contribution in [1.82, 2.24) is 5.32 Å². The molecule has 1 rings (SSSR count). The van der Waals surface area contributed by atoms with Crippen molar-refractivity contribution in [1.29, 1.82) is 0 Å². The number of β-amino-alcohol motifs (C(OH)–C–C–N with tert-alkyl or cyclic N) is 1. The topological polar surface area (TPSA) is 41.5 Å². The fraction of sp³-hybridized carbons (Fsp3) is 1.00. The second-order valence-electron chi connectivity index (χ2n) is 5.85. The van der Waals surface area contributed by atoms with Crippen LogP contribution < -0.4 is 5.32 Å². The molecule has 2 unspecified atom stereocenters. The number of aliphatic hydroxyl groups is 1. The lowest BCUT2D eigenvalue weighted by Gasteiger charge is -2.23. The first-order valence-corrected chi connectivity index (χ1v) is 6.52. The van der Waals surface area contributed by atoms with Crippen molar-refractivity contribution in [2.24, 2.45) is 0 Å². The molecular weight excluding hydrogens is 202 g/mol. The van der Waals surface area contributed by atoms with E-state index in [0.717, 1.165) is 25.9 Å². The third kappa shape index (κ3) is 6.46. The van der Waals surface area contributed by atoms with Gasteiger partial charge in [-0.05, 0) is 52.9 Å². The normalized spacial score (nSPS) is 23.6. The summed E-state index contributed by atoms with van der Waals surface area (Å²) in [6.07, 6.45) is 5.70. The van der Waals surface area contributed by atoms with Crippen molar-refractivity contribution >= 4 is 0 Å². The number of hydrogen-bond acceptors (Lipinski definition) is 3. The molecule has 1 fully saturated rings. The van der Waals surface area contributed by atoms with Crippen molar-refractivity contribution in [3.63, 3.8) is 0 Å². The first-order valence-electron chi connectivity index (χ1n) is 6.52. The lowest BCUT2D eigenvalue weighted by Crippen LogP contribution is -2.40. The van der Waals surface area contributed by atoms with E-state index in [1.54, 1.807) is 0 Å². The van der Waals surface area contributed by atoms with Gasteiger partial charge in [0.2, 0.25) is 0 Å². The molecule has 1 aliphatic rings. The van der Waals surface area contributed by atoms with E-state index in [2.05, 4.69) is 26.1 Å². The molecule has 0 aliphatic carbocycles. The van der Waals surface area contributed by atoms with E-state index < -0.39 is 0 Å². The highest BCUT2D eigenvalue weighted by molar-refractivity contribution is 4.73. The molecular formula is C13H27NO2. The smallest absolute Gasteiger partial charge is 0.0664 e. The molecule has 0 aromatic rings. The SMILES string of the molecule is CC(C)(C)NCC(O)CCCC1CCCO1. The Balaban J connectivity index is 1.99. The van der Waals surface area contributed by atoms with Crippen molar-refractivity contribution in [2.75, 3.05) is 13.2 Å². The molecule has 2 N–H and O–H groups in total. The molecule has 1 aliphatic heterocycles. The molecule has 3 heteroatoms. The quantitative estimate of drug-likeness (QED) is 0.733. The molecule has 0 amide bonds. The number of ether oxygens (including phenoxy) is 1. The Morgan fingerprint density at radius 1 is 1.44 bits per heavy atom. The Morgan fingerprint density at radius 3 is 2.75 bits per heavy atom. The van der Waals surface area contributed by atoms with E-state index >= 15 is 0 Å². The molecule has 0 radical (unpaired) electrons. The van der Waals surface area contributed by atoms with Crippen molar-refractivity contribution in [2.45, 2.75) is 70.6 Å². The van der Waals surface area contributed by atoms with Gasteiger partial charge in [-0.25, -0.2) is 0 Å². The standard InChI is InChI=1S/C13H27NO2/c1-13(2,3)14-10-11(15)6-4-7-12-8-5-9-16-12/h11-12,14-15H,4-10H2,1-3H3. The maximum Gasteiger partial charge on any atom is 0.0664 e. The van der Waals surface area contributed by atoms with Crippen LogP contribution in [0.2, 0.25) is 0 Å². The maximum atomic E-state index is 9.78. The van der Waals surface area contributed by atoms with Gasteiger partial charge in [0.15, 0.2) is 0 Å². The summed E-state index contributed by atoms with van der Waals surface area (Å²) in [6, 6.07) is 0. The Morgan fingerprint density at radius 2 is 2.19 bits per heavy atom. The molecule has 0 aromatic carbocycles. The number of rotatable bonds is 6. The highest BCUT2D eigenvalue weighted by Crippen LogP contribution is 2.18. The van der Waals surface area contributed by atoms with Crippen molar-refractivity contribution < 1.29 is 9.84 Å². The van der Waals surface area contributed by atoms with E-state index in [0.29, 0.717) is 12.6 Å². The third-order valence-corrected chi connectivity index (χ3v) is 2.96. The molecule has 1 heterocycles. The van der Waals surface area contributed by atoms with E-state index in [-0.39, 0.29) is 11.6 Å². The minimum Gasteiger partial charge on any atom is -0.392 e. The number of nitrogens with one attached hydrogen (secondary N) is 1. The average Bonchev–Trinajstić information content (AvgIpc) is 2.66. The van der Waals surface area contributed by atoms with Crippen LogP contribution in [0.1, 0.15) is 52.9 Å². The predicted octanol–water partition coefficient (Wildman–Crippen LogP) is 2.08. The van der Waals surface area contributed by atoms with Crippen LogP contribution in [0.4, 0.5) is 0 Å². The van der Waals surface area contributed by atoms with Crippen molar-refractivity contribution in [3.8, 4) is 0 Å². The largest absolute Gasteiger partial charge is 0.392 e. The highest BCUT2D eigenvalue weighted by atomic mass is 16.5. The van der Waals surface area contributed by atoms with Crippen LogP contribution in [-0.2, 0) is 4.74 Å². The van der Waals surface area contributed by atoms with Gasteiger partial charge in [-0.2, -0.15) is 0 Å². The second-order valence-corrected chi connectivity index (χ2v) is 5.85. The highest BCUT2D eigenvalue weighted by Gasteiger charge is 2.16. The summed E-state index contributed by atoms with van der Waals surface area (Å²) in [5.41, 5.74) is 0.0928. The fourth-order valence-corrected chi connectivity index (χ4v) is 1.98. The summed E-state index contributed by atoms with van der Waals surface area (Å²) >= 11 is 0. The summed E-state index contributed by atoms with van der Waals surface area (Å²) in [5, 5.41) is 13.1. The van der Waals surface area contributed by atoms with Crippen LogP contribution in [0, 0.1) is 0 Å². The molecule has 0 spiro atoms. The average molecular weight is 229 g/mol. The van der Waals surface area contributed by atoms with Gasteiger partial charge in [-0.3, -0.25) is 0 Å². The fourth-order valence-electron chi connectivity index (χ4n) is 1.98. The third-order valence-electron chi connectivity index (χ3n) is 2.96. The minimum atomic E-state index is -0.222. The van der Waals surface area contributed by atoms with E-state index in [1.165, 1.54) is 12.8 Å². The zero-order chi connectivity index (χ0) is 12.0. The molecule has 1 saturated heterocycles. The molecule has 0 bridgehead atoms. The lowest BCUT2D eigenvalue weighted by atomic mass is 10.1. The lowest BCUT2D eigenvalue weighted by molar-refractivity contribution is 0.0933. The van der Waals surface area contributed by atoms with E-state index in [4.69, 9.17) is 4.74 Å². The molecule has 2 atom stereocenters. The molecule has 96 valence electrons. The van der Waals surface area contributed by atoms with Crippen LogP contribution in [0.3, 0.4) is 0 Å². The Labute approximate surface area is 99.6 Å². The Kier molecular flexibility index (Phi) is 5.73. The van der Waals surface area contributed by atoms with Gasteiger partial charge in [-0.1, -0.05) is 0 Å². The molecule has 0 aromatic heterocycles. The molecule has 3 nitrogen and oxygen atoms in total. The Bertz CT molecular complexity index is 183. The number of aliphatic hydroxyl groups excluding tert-OH is 1. The first-order chi connectivity index (χ1) is 7.47. The van der Waals surface area contributed by atoms with Gasteiger partial charge in [0, 0.05) is 18.7 Å². The van der Waals surface area contributed by atoms with Crippen molar-refractivity contribution in [3.05, 3.63) is 0 Å². The van der Waals surface area contributed by atoms with E-state index in [9.17, 15) is 5.11 Å². The molecule has 0 saturated carbocycles. The maximum absolute atomic E-state index is 9.78. The summed E-state index contributed by atoms with van der Waals surface area (Å²) in [5.74, 6) is 0. The second kappa shape index (κ2) is 6.58. The van der Waals surface area contributed by atoms with Crippen LogP contribution in [-0.4, -0.2) is 36.0 Å². The van der Waals surface area contributed by atoms with Gasteiger partial charge in [0.05, 0.1) is 12.2 Å². The van der Waals surface area contributed by atoms with Crippen LogP contribution in [0.15, 0.2) is 0 Å². The summed E-state index contributed by atoms with van der Waals surface area (Å²) in [7, 11) is 0. The van der Waals surface area contributed by atoms with Gasteiger partial charge in [0.1, 0.15) is 0 Å². The molecule has 16 heavy (non-hydrogen) atoms. The summed E-state index contributed by atoms with van der Waals surface area (Å²) < 4.78 is 5.55. The van der Waals surface area contributed by atoms with Gasteiger partial charge in [-0.15, -0.1) is 0 Å². The van der Waals surface area contributed by atoms with E-state index in [1.807, 2.05) is 0 Å². The summed E-state index contributed by atoms with van der Waals surface area (Å²) in [4.78, 5) is 0. The minimum absolute atomic E-state index is 0.0928.